The number of esters is 1. The number of halogens is 4. The van der Waals surface area contributed by atoms with Crippen LogP contribution in [0.3, 0.4) is 0 Å². The van der Waals surface area contributed by atoms with Gasteiger partial charge in [-0.1, -0.05) is 23.7 Å². The third kappa shape index (κ3) is 3.67. The number of hydrogen-bond donors (Lipinski definition) is 0. The van der Waals surface area contributed by atoms with Gasteiger partial charge in [0.1, 0.15) is 6.54 Å². The van der Waals surface area contributed by atoms with Crippen molar-refractivity contribution in [1.29, 1.82) is 0 Å². The smallest absolute Gasteiger partial charge is 0.408 e. The van der Waals surface area contributed by atoms with Gasteiger partial charge in [0.05, 0.1) is 18.2 Å². The van der Waals surface area contributed by atoms with Crippen LogP contribution in [0.5, 0.6) is 0 Å². The first kappa shape index (κ1) is 18.3. The Balaban J connectivity index is 2.21. The Morgan fingerprint density at radius 3 is 2.62 bits per heavy atom. The number of carbonyl (C=O) groups excluding carboxylic acids is 1. The van der Waals surface area contributed by atoms with Gasteiger partial charge in [-0.05, 0) is 36.2 Å². The maximum atomic E-state index is 12.7. The Morgan fingerprint density at radius 2 is 2.00 bits per heavy atom. The van der Waals surface area contributed by atoms with Gasteiger partial charge >= 0.3 is 12.1 Å². The third-order valence-corrected chi connectivity index (χ3v) is 4.17. The molecule has 0 unspecified atom stereocenters. The van der Waals surface area contributed by atoms with Crippen molar-refractivity contribution in [2.45, 2.75) is 19.6 Å². The fraction of sp³-hybridized carbons (Fsp3) is 0.222. The molecular weight excluding hydrogens is 369 g/mol. The highest BCUT2D eigenvalue weighted by Gasteiger charge is 2.29. The second-order valence-corrected chi connectivity index (χ2v) is 6.28. The summed E-state index contributed by atoms with van der Waals surface area (Å²) in [5.41, 5.74) is 2.56. The van der Waals surface area contributed by atoms with E-state index in [1.54, 1.807) is 24.3 Å². The number of rotatable bonds is 3. The molecule has 3 aromatic rings. The molecule has 26 heavy (non-hydrogen) atoms. The number of fused-ring (bicyclic) bond motifs is 1. The highest BCUT2D eigenvalue weighted by atomic mass is 35.5. The lowest BCUT2D eigenvalue weighted by atomic mass is 9.99. The van der Waals surface area contributed by atoms with Crippen molar-refractivity contribution in [2.75, 3.05) is 7.11 Å². The van der Waals surface area contributed by atoms with E-state index in [-0.39, 0.29) is 16.5 Å². The fourth-order valence-corrected chi connectivity index (χ4v) is 3.07. The third-order valence-electron chi connectivity index (χ3n) is 3.85. The van der Waals surface area contributed by atoms with Crippen molar-refractivity contribution in [3.63, 3.8) is 0 Å². The van der Waals surface area contributed by atoms with Crippen LogP contribution in [-0.4, -0.2) is 29.0 Å². The molecule has 2 aromatic carbocycles. The van der Waals surface area contributed by atoms with E-state index in [1.807, 2.05) is 13.0 Å². The summed E-state index contributed by atoms with van der Waals surface area (Å²) in [4.78, 5) is 12.1. The molecule has 0 fully saturated rings. The molecule has 0 saturated heterocycles. The average Bonchev–Trinajstić information content (AvgIpc) is 2.93. The number of methoxy groups -OCH3 is 1. The van der Waals surface area contributed by atoms with E-state index in [1.165, 1.54) is 13.3 Å². The van der Waals surface area contributed by atoms with Crippen LogP contribution in [0, 0.1) is 6.92 Å². The van der Waals surface area contributed by atoms with Gasteiger partial charge in [0.2, 0.25) is 0 Å². The van der Waals surface area contributed by atoms with Crippen LogP contribution < -0.4 is 0 Å². The van der Waals surface area contributed by atoms with E-state index in [9.17, 15) is 18.0 Å². The van der Waals surface area contributed by atoms with E-state index < -0.39 is 18.7 Å². The number of ether oxygens (including phenoxy) is 1. The molecule has 0 atom stereocenters. The summed E-state index contributed by atoms with van der Waals surface area (Å²) >= 11 is 6.28. The molecule has 0 aliphatic carbocycles. The Bertz CT molecular complexity index is 996. The molecule has 0 aliphatic rings. The molecule has 0 saturated carbocycles. The monoisotopic (exact) mass is 382 g/mol. The number of carbonyl (C=O) groups is 1. The molecule has 3 rings (SSSR count). The van der Waals surface area contributed by atoms with Gasteiger partial charge in [-0.3, -0.25) is 4.68 Å². The molecular formula is C18H14ClF3N2O2. The zero-order chi connectivity index (χ0) is 19.1. The highest BCUT2D eigenvalue weighted by molar-refractivity contribution is 6.33. The Labute approximate surface area is 152 Å². The number of aryl methyl sites for hydroxylation is 1. The van der Waals surface area contributed by atoms with E-state index in [0.29, 0.717) is 16.1 Å². The predicted molar refractivity (Wildman–Crippen MR) is 92.3 cm³/mol. The summed E-state index contributed by atoms with van der Waals surface area (Å²) in [6.07, 6.45) is -3.23. The van der Waals surface area contributed by atoms with Crippen LogP contribution in [0.25, 0.3) is 22.0 Å². The Hall–Kier alpha value is -2.54. The summed E-state index contributed by atoms with van der Waals surface area (Å²) < 4.78 is 43.5. The van der Waals surface area contributed by atoms with E-state index in [4.69, 9.17) is 16.3 Å². The van der Waals surface area contributed by atoms with Gasteiger partial charge in [-0.25, -0.2) is 4.79 Å². The molecule has 0 spiro atoms. The minimum atomic E-state index is -4.42. The SMILES string of the molecule is COC(=O)c1cc(-c2ccc(C)cc2Cl)cc2nn(CC(F)(F)F)cc12. The molecule has 4 nitrogen and oxygen atoms in total. The predicted octanol–water partition coefficient (Wildman–Crippen LogP) is 5.01. The first-order chi connectivity index (χ1) is 12.2. The largest absolute Gasteiger partial charge is 0.465 e. The van der Waals surface area contributed by atoms with Crippen molar-refractivity contribution in [3.8, 4) is 11.1 Å². The van der Waals surface area contributed by atoms with Crippen molar-refractivity contribution in [1.82, 2.24) is 9.78 Å². The van der Waals surface area contributed by atoms with E-state index in [2.05, 4.69) is 5.10 Å². The number of aromatic nitrogens is 2. The summed E-state index contributed by atoms with van der Waals surface area (Å²) in [6.45, 7) is 0.639. The maximum absolute atomic E-state index is 12.7. The van der Waals surface area contributed by atoms with Crippen molar-refractivity contribution >= 4 is 28.5 Å². The zero-order valence-corrected chi connectivity index (χ0v) is 14.6. The standard InChI is InChI=1S/C18H14ClF3N2O2/c1-10-3-4-12(15(19)5-10)11-6-13(17(25)26-2)14-8-24(9-18(20,21)22)23-16(14)7-11/h3-8H,9H2,1-2H3. The van der Waals surface area contributed by atoms with Crippen LogP contribution in [0.1, 0.15) is 15.9 Å². The molecule has 0 N–H and O–H groups in total. The van der Waals surface area contributed by atoms with Crippen LogP contribution in [-0.2, 0) is 11.3 Å². The molecule has 0 radical (unpaired) electrons. The normalized spacial score (nSPS) is 11.8. The molecule has 0 aliphatic heterocycles. The summed E-state index contributed by atoms with van der Waals surface area (Å²) in [7, 11) is 1.21. The maximum Gasteiger partial charge on any atom is 0.408 e. The fourth-order valence-electron chi connectivity index (χ4n) is 2.73. The molecule has 8 heteroatoms. The molecule has 1 aromatic heterocycles. The second-order valence-electron chi connectivity index (χ2n) is 5.87. The first-order valence-electron chi connectivity index (χ1n) is 7.61. The number of hydrogen-bond acceptors (Lipinski definition) is 3. The number of alkyl halides is 3. The minimum absolute atomic E-state index is 0.130. The average molecular weight is 383 g/mol. The van der Waals surface area contributed by atoms with Gasteiger partial charge < -0.3 is 4.74 Å². The number of benzene rings is 2. The van der Waals surface area contributed by atoms with Gasteiger partial charge in [-0.2, -0.15) is 18.3 Å². The van der Waals surface area contributed by atoms with E-state index >= 15 is 0 Å². The summed E-state index contributed by atoms with van der Waals surface area (Å²) in [5.74, 6) is -0.661. The summed E-state index contributed by atoms with van der Waals surface area (Å²) in [5, 5.41) is 4.71. The van der Waals surface area contributed by atoms with Crippen LogP contribution in [0.4, 0.5) is 13.2 Å². The lowest BCUT2D eigenvalue weighted by molar-refractivity contribution is -0.142. The van der Waals surface area contributed by atoms with Gasteiger partial charge in [-0.15, -0.1) is 0 Å². The van der Waals surface area contributed by atoms with Gasteiger partial charge in [0.15, 0.2) is 0 Å². The Morgan fingerprint density at radius 1 is 1.27 bits per heavy atom. The highest BCUT2D eigenvalue weighted by Crippen LogP contribution is 2.33. The molecule has 0 bridgehead atoms. The Kier molecular flexibility index (Phi) is 4.66. The molecule has 136 valence electrons. The lowest BCUT2D eigenvalue weighted by Gasteiger charge is -2.08. The minimum Gasteiger partial charge on any atom is -0.465 e. The lowest BCUT2D eigenvalue weighted by Crippen LogP contribution is -2.17. The molecule has 0 amide bonds. The van der Waals surface area contributed by atoms with E-state index in [0.717, 1.165) is 10.2 Å². The topological polar surface area (TPSA) is 44.1 Å². The second kappa shape index (κ2) is 6.64. The first-order valence-corrected chi connectivity index (χ1v) is 7.98. The summed E-state index contributed by atoms with van der Waals surface area (Å²) in [6, 6.07) is 8.55. The van der Waals surface area contributed by atoms with Crippen molar-refractivity contribution in [2.24, 2.45) is 0 Å². The quantitative estimate of drug-likeness (QED) is 0.598. The molecule has 1 heterocycles. The van der Waals surface area contributed by atoms with Crippen LogP contribution in [0.15, 0.2) is 36.5 Å². The van der Waals surface area contributed by atoms with Gasteiger partial charge in [0.25, 0.3) is 0 Å². The van der Waals surface area contributed by atoms with Crippen molar-refractivity contribution < 1.29 is 22.7 Å². The van der Waals surface area contributed by atoms with Crippen molar-refractivity contribution in [3.05, 3.63) is 52.7 Å². The number of nitrogens with zero attached hydrogens (tertiary/aromatic N) is 2. The zero-order valence-electron chi connectivity index (χ0n) is 13.9. The van der Waals surface area contributed by atoms with Gasteiger partial charge in [0, 0.05) is 22.2 Å². The van der Waals surface area contributed by atoms with Crippen LogP contribution in [0.2, 0.25) is 5.02 Å². The van der Waals surface area contributed by atoms with Crippen LogP contribution >= 0.6 is 11.6 Å².